The van der Waals surface area contributed by atoms with Crippen LogP contribution in [0.2, 0.25) is 0 Å². The van der Waals surface area contributed by atoms with Crippen LogP contribution in [0.4, 0.5) is 0 Å². The number of rotatable bonds is 4. The maximum absolute atomic E-state index is 9.60. The van der Waals surface area contributed by atoms with Gasteiger partial charge in [0.15, 0.2) is 0 Å². The smallest absolute Gasteiger partial charge is 0.115 e. The van der Waals surface area contributed by atoms with E-state index >= 15 is 0 Å². The summed E-state index contributed by atoms with van der Waals surface area (Å²) in [6.45, 7) is 2.11. The molecule has 0 bridgehead atoms. The number of phenolic OH excluding ortho intramolecular Hbond substituents is 2. The van der Waals surface area contributed by atoms with E-state index in [0.29, 0.717) is 0 Å². The van der Waals surface area contributed by atoms with Gasteiger partial charge in [-0.1, -0.05) is 37.3 Å². The summed E-state index contributed by atoms with van der Waals surface area (Å²) in [5.41, 5.74) is 5.33. The molecule has 0 aliphatic carbocycles. The first-order valence-electron chi connectivity index (χ1n) is 7.91. The number of aromatic hydroxyl groups is 2. The maximum Gasteiger partial charge on any atom is 0.115 e. The molecule has 3 rings (SSSR count). The van der Waals surface area contributed by atoms with Crippen LogP contribution in [0.25, 0.3) is 11.1 Å². The summed E-state index contributed by atoms with van der Waals surface area (Å²) < 4.78 is 0. The molecule has 0 atom stereocenters. The third kappa shape index (κ3) is 3.30. The number of hydrogen-bond acceptors (Lipinski definition) is 3. The number of phenols is 2. The van der Waals surface area contributed by atoms with Gasteiger partial charge in [0.05, 0.1) is 0 Å². The fraction of sp³-hybridized carbons (Fsp3) is 0.0952. The molecule has 3 nitrogen and oxygen atoms in total. The zero-order chi connectivity index (χ0) is 16.9. The second-order valence-corrected chi connectivity index (χ2v) is 5.54. The summed E-state index contributed by atoms with van der Waals surface area (Å²) >= 11 is 0. The highest BCUT2D eigenvalue weighted by atomic mass is 16.3. The van der Waals surface area contributed by atoms with E-state index in [2.05, 4.69) is 11.9 Å². The van der Waals surface area contributed by atoms with Crippen molar-refractivity contribution in [2.45, 2.75) is 13.3 Å². The van der Waals surface area contributed by atoms with Crippen LogP contribution in [0.5, 0.6) is 11.5 Å². The molecule has 2 aromatic carbocycles. The Bertz CT molecular complexity index is 788. The monoisotopic (exact) mass is 317 g/mol. The first-order valence-corrected chi connectivity index (χ1v) is 7.91. The minimum atomic E-state index is 0.239. The van der Waals surface area contributed by atoms with Crippen LogP contribution in [0.15, 0.2) is 73.1 Å². The zero-order valence-corrected chi connectivity index (χ0v) is 13.5. The molecule has 0 saturated heterocycles. The average molecular weight is 317 g/mol. The molecule has 1 aromatic heterocycles. The SMILES string of the molecule is CCC(=C(c1ccc(O)cc1)c1ccc(O)cc1)c1cccnc1. The molecule has 0 spiro atoms. The van der Waals surface area contributed by atoms with Crippen molar-refractivity contribution in [3.05, 3.63) is 89.7 Å². The van der Waals surface area contributed by atoms with Gasteiger partial charge in [-0.15, -0.1) is 0 Å². The topological polar surface area (TPSA) is 53.4 Å². The molecule has 120 valence electrons. The predicted octanol–water partition coefficient (Wildman–Crippen LogP) is 4.86. The van der Waals surface area contributed by atoms with Crippen molar-refractivity contribution in [1.29, 1.82) is 0 Å². The van der Waals surface area contributed by atoms with Crippen molar-refractivity contribution in [3.63, 3.8) is 0 Å². The molecule has 0 aliphatic heterocycles. The van der Waals surface area contributed by atoms with Crippen molar-refractivity contribution in [3.8, 4) is 11.5 Å². The van der Waals surface area contributed by atoms with Gasteiger partial charge in [0.2, 0.25) is 0 Å². The van der Waals surface area contributed by atoms with E-state index in [-0.39, 0.29) is 11.5 Å². The lowest BCUT2D eigenvalue weighted by molar-refractivity contribution is 0.475. The van der Waals surface area contributed by atoms with Crippen LogP contribution in [0.1, 0.15) is 30.0 Å². The second-order valence-electron chi connectivity index (χ2n) is 5.54. The zero-order valence-electron chi connectivity index (χ0n) is 13.5. The fourth-order valence-electron chi connectivity index (χ4n) is 2.84. The Labute approximate surface area is 141 Å². The van der Waals surface area contributed by atoms with Crippen molar-refractivity contribution in [1.82, 2.24) is 4.98 Å². The van der Waals surface area contributed by atoms with Crippen molar-refractivity contribution in [2.75, 3.05) is 0 Å². The third-order valence-electron chi connectivity index (χ3n) is 3.98. The fourth-order valence-corrected chi connectivity index (χ4v) is 2.84. The van der Waals surface area contributed by atoms with E-state index in [1.54, 1.807) is 30.5 Å². The van der Waals surface area contributed by atoms with Gasteiger partial charge in [0.1, 0.15) is 11.5 Å². The van der Waals surface area contributed by atoms with Crippen LogP contribution in [0.3, 0.4) is 0 Å². The molecule has 0 unspecified atom stereocenters. The van der Waals surface area contributed by atoms with Gasteiger partial charge in [-0.3, -0.25) is 4.98 Å². The van der Waals surface area contributed by atoms with E-state index < -0.39 is 0 Å². The van der Waals surface area contributed by atoms with Crippen LogP contribution >= 0.6 is 0 Å². The Hall–Kier alpha value is -3.07. The lowest BCUT2D eigenvalue weighted by atomic mass is 9.89. The highest BCUT2D eigenvalue weighted by Gasteiger charge is 2.13. The first kappa shape index (κ1) is 15.8. The Kier molecular flexibility index (Phi) is 4.62. The quantitative estimate of drug-likeness (QED) is 0.722. The molecule has 3 heteroatoms. The largest absolute Gasteiger partial charge is 0.508 e. The van der Waals surface area contributed by atoms with Crippen LogP contribution in [-0.2, 0) is 0 Å². The van der Waals surface area contributed by atoms with Gasteiger partial charge in [-0.2, -0.15) is 0 Å². The van der Waals surface area contributed by atoms with Gasteiger partial charge in [0.25, 0.3) is 0 Å². The van der Waals surface area contributed by atoms with Crippen LogP contribution in [0, 0.1) is 0 Å². The average Bonchev–Trinajstić information content (AvgIpc) is 2.62. The van der Waals surface area contributed by atoms with E-state index in [1.807, 2.05) is 42.6 Å². The molecule has 0 aliphatic rings. The van der Waals surface area contributed by atoms with Gasteiger partial charge in [-0.05, 0) is 64.6 Å². The second kappa shape index (κ2) is 7.01. The summed E-state index contributed by atoms with van der Waals surface area (Å²) in [4.78, 5) is 4.24. The number of allylic oxidation sites excluding steroid dienone is 1. The van der Waals surface area contributed by atoms with Crippen molar-refractivity contribution >= 4 is 11.1 Å². The Balaban J connectivity index is 2.26. The number of aromatic nitrogens is 1. The number of pyridine rings is 1. The molecule has 0 radical (unpaired) electrons. The van der Waals surface area contributed by atoms with Crippen molar-refractivity contribution in [2.24, 2.45) is 0 Å². The first-order chi connectivity index (χ1) is 11.7. The maximum atomic E-state index is 9.60. The molecule has 3 aromatic rings. The third-order valence-corrected chi connectivity index (χ3v) is 3.98. The summed E-state index contributed by atoms with van der Waals surface area (Å²) in [5, 5.41) is 19.2. The predicted molar refractivity (Wildman–Crippen MR) is 96.7 cm³/mol. The molecule has 24 heavy (non-hydrogen) atoms. The minimum Gasteiger partial charge on any atom is -0.508 e. The molecular weight excluding hydrogens is 298 g/mol. The highest BCUT2D eigenvalue weighted by molar-refractivity contribution is 5.98. The highest BCUT2D eigenvalue weighted by Crippen LogP contribution is 2.35. The lowest BCUT2D eigenvalue weighted by Gasteiger charge is -2.16. The molecule has 1 heterocycles. The lowest BCUT2D eigenvalue weighted by Crippen LogP contribution is -1.95. The van der Waals surface area contributed by atoms with E-state index in [4.69, 9.17) is 0 Å². The number of benzene rings is 2. The summed E-state index contributed by atoms with van der Waals surface area (Å²) in [6, 6.07) is 18.3. The van der Waals surface area contributed by atoms with Gasteiger partial charge in [-0.25, -0.2) is 0 Å². The van der Waals surface area contributed by atoms with E-state index in [9.17, 15) is 10.2 Å². The van der Waals surface area contributed by atoms with Gasteiger partial charge >= 0.3 is 0 Å². The molecule has 0 saturated carbocycles. The van der Waals surface area contributed by atoms with E-state index in [1.165, 1.54) is 5.57 Å². The Morgan fingerprint density at radius 2 is 1.33 bits per heavy atom. The summed E-state index contributed by atoms with van der Waals surface area (Å²) in [5.74, 6) is 0.478. The molecule has 2 N–H and O–H groups in total. The van der Waals surface area contributed by atoms with Gasteiger partial charge < -0.3 is 10.2 Å². The molecular formula is C21H19NO2. The summed E-state index contributed by atoms with van der Waals surface area (Å²) in [7, 11) is 0. The van der Waals surface area contributed by atoms with Crippen LogP contribution < -0.4 is 0 Å². The number of nitrogens with zero attached hydrogens (tertiary/aromatic N) is 1. The number of hydrogen-bond donors (Lipinski definition) is 2. The van der Waals surface area contributed by atoms with Gasteiger partial charge in [0, 0.05) is 12.4 Å². The normalized spacial score (nSPS) is 10.4. The van der Waals surface area contributed by atoms with Crippen LogP contribution in [-0.4, -0.2) is 15.2 Å². The standard InChI is InChI=1S/C21H19NO2/c1-2-20(17-4-3-13-22-14-17)21(15-5-9-18(23)10-6-15)16-7-11-19(24)12-8-16/h3-14,23-24H,2H2,1H3. The summed E-state index contributed by atoms with van der Waals surface area (Å²) in [6.07, 6.45) is 4.46. The Morgan fingerprint density at radius 1 is 0.792 bits per heavy atom. The van der Waals surface area contributed by atoms with Crippen molar-refractivity contribution < 1.29 is 10.2 Å². The molecule has 0 fully saturated rings. The minimum absolute atomic E-state index is 0.239. The molecule has 0 amide bonds. The Morgan fingerprint density at radius 3 is 1.75 bits per heavy atom. The van der Waals surface area contributed by atoms with E-state index in [0.717, 1.165) is 28.7 Å².